The van der Waals surface area contributed by atoms with Crippen LogP contribution in [-0.4, -0.2) is 48.9 Å². The van der Waals surface area contributed by atoms with Gasteiger partial charge in [0.05, 0.1) is 6.61 Å². The Morgan fingerprint density at radius 1 is 0.593 bits per heavy atom. The molecule has 0 aromatic rings. The van der Waals surface area contributed by atoms with E-state index in [2.05, 4.69) is 56.4 Å². The van der Waals surface area contributed by atoms with Gasteiger partial charge in [-0.05, 0) is 51.4 Å². The highest BCUT2D eigenvalue weighted by atomic mass is 31.2. The van der Waals surface area contributed by atoms with E-state index in [1.165, 1.54) is 96.3 Å². The first kappa shape index (κ1) is 51.9. The zero-order valence-electron chi connectivity index (χ0n) is 34.2. The number of unbranched alkanes of at least 4 members (excludes halogenated alkanes) is 18. The van der Waals surface area contributed by atoms with Crippen molar-refractivity contribution in [1.82, 2.24) is 0 Å². The third kappa shape index (κ3) is 38.2. The fourth-order valence-corrected chi connectivity index (χ4v) is 6.45. The molecule has 0 aliphatic heterocycles. The fourth-order valence-electron chi connectivity index (χ4n) is 5.61. The number of nitrogens with two attached hydrogens (primary N) is 2. The van der Waals surface area contributed by atoms with Gasteiger partial charge in [-0.25, -0.2) is 4.57 Å². The molecule has 0 spiro atoms. The van der Waals surface area contributed by atoms with Crippen molar-refractivity contribution >= 4 is 19.8 Å². The van der Waals surface area contributed by atoms with E-state index >= 15 is 0 Å². The topological polar surface area (TPSA) is 160 Å². The van der Waals surface area contributed by atoms with Gasteiger partial charge in [0.15, 0.2) is 6.10 Å². The summed E-state index contributed by atoms with van der Waals surface area (Å²) in [5.74, 6) is -0.940. The van der Waals surface area contributed by atoms with Gasteiger partial charge in [0.2, 0.25) is 0 Å². The van der Waals surface area contributed by atoms with E-state index in [1.807, 2.05) is 6.08 Å². The Kier molecular flexibility index (Phi) is 37.7. The number of phosphoric acid groups is 1. The fraction of sp³-hybridized carbons (Fsp3) is 0.767. The van der Waals surface area contributed by atoms with Crippen LogP contribution in [0.5, 0.6) is 0 Å². The van der Waals surface area contributed by atoms with Gasteiger partial charge < -0.3 is 25.8 Å². The molecule has 10 nitrogen and oxygen atoms in total. The number of esters is 2. The average Bonchev–Trinajstić information content (AvgIpc) is 3.15. The van der Waals surface area contributed by atoms with Crippen molar-refractivity contribution in [3.8, 4) is 0 Å². The second-order valence-electron chi connectivity index (χ2n) is 14.1. The summed E-state index contributed by atoms with van der Waals surface area (Å²) in [6, 6.07) is 0. The zero-order chi connectivity index (χ0) is 39.8. The van der Waals surface area contributed by atoms with Crippen LogP contribution in [-0.2, 0) is 32.7 Å². The van der Waals surface area contributed by atoms with Crippen LogP contribution >= 0.6 is 7.82 Å². The van der Waals surface area contributed by atoms with Crippen LogP contribution in [0.4, 0.5) is 0 Å². The van der Waals surface area contributed by atoms with Crippen LogP contribution in [0.3, 0.4) is 0 Å². The molecule has 3 atom stereocenters. The van der Waals surface area contributed by atoms with Crippen LogP contribution in [0.1, 0.15) is 181 Å². The van der Waals surface area contributed by atoms with Gasteiger partial charge in [-0.15, -0.1) is 0 Å². The van der Waals surface area contributed by atoms with Crippen molar-refractivity contribution in [1.29, 1.82) is 0 Å². The monoisotopic (exact) mass is 783 g/mol. The van der Waals surface area contributed by atoms with Crippen molar-refractivity contribution in [2.75, 3.05) is 19.8 Å². The largest absolute Gasteiger partial charge is 0.473 e. The highest BCUT2D eigenvalue weighted by molar-refractivity contribution is 7.47. The molecule has 0 heterocycles. The molecule has 0 aliphatic rings. The van der Waals surface area contributed by atoms with Gasteiger partial charge in [-0.1, -0.05) is 165 Å². The van der Waals surface area contributed by atoms with E-state index in [0.29, 0.717) is 19.3 Å². The maximum absolute atomic E-state index is 12.6. The molecule has 0 fully saturated rings. The van der Waals surface area contributed by atoms with Crippen molar-refractivity contribution in [2.45, 2.75) is 193 Å². The van der Waals surface area contributed by atoms with Crippen LogP contribution in [0.15, 0.2) is 48.6 Å². The van der Waals surface area contributed by atoms with Gasteiger partial charge >= 0.3 is 19.8 Å². The van der Waals surface area contributed by atoms with E-state index in [9.17, 15) is 19.0 Å². The maximum Gasteiger partial charge on any atom is 0.473 e. The number of hydrogen-bond donors (Lipinski definition) is 3. The van der Waals surface area contributed by atoms with E-state index < -0.39 is 38.7 Å². The lowest BCUT2D eigenvalue weighted by molar-refractivity contribution is -0.161. The minimum Gasteiger partial charge on any atom is -0.462 e. The third-order valence-corrected chi connectivity index (χ3v) is 9.86. The van der Waals surface area contributed by atoms with E-state index in [-0.39, 0.29) is 26.0 Å². The zero-order valence-corrected chi connectivity index (χ0v) is 35.1. The lowest BCUT2D eigenvalue weighted by Gasteiger charge is -2.21. The molecule has 0 saturated heterocycles. The minimum absolute atomic E-state index is 0.132. The maximum atomic E-state index is 12.6. The molecule has 0 amide bonds. The lowest BCUT2D eigenvalue weighted by atomic mass is 10.0. The van der Waals surface area contributed by atoms with E-state index in [0.717, 1.165) is 38.5 Å². The molecule has 11 heteroatoms. The molecule has 0 bridgehead atoms. The molecular weight excluding hydrogens is 703 g/mol. The second kappa shape index (κ2) is 39.2. The lowest BCUT2D eigenvalue weighted by Crippen LogP contribution is -2.33. The first-order valence-electron chi connectivity index (χ1n) is 21.3. The number of carbonyl (C=O) groups excluding carboxylic acids is 2. The minimum atomic E-state index is -4.57. The summed E-state index contributed by atoms with van der Waals surface area (Å²) < 4.78 is 32.8. The van der Waals surface area contributed by atoms with Crippen LogP contribution in [0, 0.1) is 0 Å². The molecule has 5 N–H and O–H groups in total. The van der Waals surface area contributed by atoms with Crippen LogP contribution < -0.4 is 11.5 Å². The Labute approximate surface area is 329 Å². The summed E-state index contributed by atoms with van der Waals surface area (Å²) in [4.78, 5) is 34.9. The summed E-state index contributed by atoms with van der Waals surface area (Å²) in [5, 5.41) is 0. The SMILES string of the molecule is CCCCC/C=C/C/C=C/C/C=C/C/C=C/CCCC(=O)O[C@H](COC(=O)CCCCCCCCCCCCCCCCC)COP(=O)(O)O[C@@H](N)CN. The predicted molar refractivity (Wildman–Crippen MR) is 223 cm³/mol. The number of allylic oxidation sites excluding steroid dienone is 8. The Balaban J connectivity index is 4.35. The highest BCUT2D eigenvalue weighted by Crippen LogP contribution is 2.44. The number of rotatable bonds is 39. The molecule has 0 rings (SSSR count). The highest BCUT2D eigenvalue weighted by Gasteiger charge is 2.28. The first-order chi connectivity index (χ1) is 26.2. The number of carbonyl (C=O) groups is 2. The third-order valence-electron chi connectivity index (χ3n) is 8.85. The Bertz CT molecular complexity index is 1050. The van der Waals surface area contributed by atoms with E-state index in [1.54, 1.807) is 0 Å². The summed E-state index contributed by atoms with van der Waals surface area (Å²) >= 11 is 0. The number of ether oxygens (including phenoxy) is 2. The van der Waals surface area contributed by atoms with Gasteiger partial charge in [0.25, 0.3) is 0 Å². The molecule has 0 aromatic carbocycles. The molecule has 0 aliphatic carbocycles. The van der Waals surface area contributed by atoms with Crippen molar-refractivity contribution in [3.05, 3.63) is 48.6 Å². The molecule has 1 unspecified atom stereocenters. The van der Waals surface area contributed by atoms with Gasteiger partial charge in [-0.3, -0.25) is 18.6 Å². The smallest absolute Gasteiger partial charge is 0.462 e. The Hall–Kier alpha value is -2.07. The standard InChI is InChI=1S/C43H79N2O8P/c1-3-5-7-9-11-13-15-17-19-20-22-24-26-28-30-32-34-36-43(47)52-40(39-51-54(48,49)53-41(45)37-44)38-50-42(46)35-33-31-29-27-25-23-21-18-16-14-12-10-8-6-4-2/h11,13,17,19,22,24,28,30,40-41H,3-10,12,14-16,18,20-21,23,25-27,29,31-39,44-45H2,1-2H3,(H,48,49)/b13-11+,19-17+,24-22+,30-28+/t40-,41-/m1/s1. The summed E-state index contributed by atoms with van der Waals surface area (Å²) in [7, 11) is -4.57. The Morgan fingerprint density at radius 2 is 1.02 bits per heavy atom. The summed E-state index contributed by atoms with van der Waals surface area (Å²) in [6.45, 7) is 3.46. The van der Waals surface area contributed by atoms with Gasteiger partial charge in [0, 0.05) is 19.4 Å². The number of phosphoric ester groups is 1. The van der Waals surface area contributed by atoms with Gasteiger partial charge in [0.1, 0.15) is 12.8 Å². The van der Waals surface area contributed by atoms with Gasteiger partial charge in [-0.2, -0.15) is 0 Å². The first-order valence-corrected chi connectivity index (χ1v) is 22.8. The summed E-state index contributed by atoms with van der Waals surface area (Å²) in [6.07, 6.45) is 42.8. The molecular formula is C43H79N2O8P. The quantitative estimate of drug-likeness (QED) is 0.0180. The molecule has 0 radical (unpaired) electrons. The van der Waals surface area contributed by atoms with Crippen molar-refractivity contribution < 1.29 is 37.6 Å². The average molecular weight is 783 g/mol. The second-order valence-corrected chi connectivity index (χ2v) is 15.5. The molecule has 54 heavy (non-hydrogen) atoms. The number of hydrogen-bond acceptors (Lipinski definition) is 9. The normalized spacial score (nSPS) is 14.4. The Morgan fingerprint density at radius 3 is 1.52 bits per heavy atom. The summed E-state index contributed by atoms with van der Waals surface area (Å²) in [5.41, 5.74) is 10.9. The molecule has 0 aromatic heterocycles. The van der Waals surface area contributed by atoms with Crippen molar-refractivity contribution in [3.63, 3.8) is 0 Å². The van der Waals surface area contributed by atoms with Crippen LogP contribution in [0.25, 0.3) is 0 Å². The van der Waals surface area contributed by atoms with Crippen molar-refractivity contribution in [2.24, 2.45) is 11.5 Å². The molecule has 0 saturated carbocycles. The molecule has 314 valence electrons. The van der Waals surface area contributed by atoms with Crippen LogP contribution in [0.2, 0.25) is 0 Å². The predicted octanol–water partition coefficient (Wildman–Crippen LogP) is 11.2. The van der Waals surface area contributed by atoms with E-state index in [4.69, 9.17) is 30.0 Å².